The van der Waals surface area contributed by atoms with Gasteiger partial charge in [-0.1, -0.05) is 25.6 Å². The standard InChI is InChI=1S/C21H22N2O5S/c1-3-4-5-19(25)23-15-8-11-17(18(12-15)27-13(2)24)21(26)28-16-9-6-14(7-10-16)20(22)29/h6-12H,3-5H2,1-2H3,(H2,22,29)(H,23,25). The number of benzene rings is 2. The monoisotopic (exact) mass is 414 g/mol. The smallest absolute Gasteiger partial charge is 0.347 e. The fraction of sp³-hybridized carbons (Fsp3) is 0.238. The van der Waals surface area contributed by atoms with Crippen molar-refractivity contribution in [2.24, 2.45) is 5.73 Å². The van der Waals surface area contributed by atoms with Crippen molar-refractivity contribution in [3.63, 3.8) is 0 Å². The topological polar surface area (TPSA) is 108 Å². The summed E-state index contributed by atoms with van der Waals surface area (Å²) in [7, 11) is 0. The number of anilines is 1. The van der Waals surface area contributed by atoms with E-state index in [4.69, 9.17) is 27.4 Å². The molecule has 0 saturated carbocycles. The van der Waals surface area contributed by atoms with E-state index in [-0.39, 0.29) is 28.0 Å². The van der Waals surface area contributed by atoms with E-state index >= 15 is 0 Å². The number of ether oxygens (including phenoxy) is 2. The van der Waals surface area contributed by atoms with E-state index in [1.807, 2.05) is 6.92 Å². The molecule has 2 aromatic rings. The minimum Gasteiger partial charge on any atom is -0.426 e. The Morgan fingerprint density at radius 2 is 1.76 bits per heavy atom. The molecule has 152 valence electrons. The SMILES string of the molecule is CCCCC(=O)Nc1ccc(C(=O)Oc2ccc(C(N)=S)cc2)c(OC(C)=O)c1. The van der Waals surface area contributed by atoms with Crippen molar-refractivity contribution in [2.45, 2.75) is 33.1 Å². The minimum absolute atomic E-state index is 0.00412. The molecule has 0 heterocycles. The highest BCUT2D eigenvalue weighted by Crippen LogP contribution is 2.26. The lowest BCUT2D eigenvalue weighted by molar-refractivity contribution is -0.131. The van der Waals surface area contributed by atoms with Gasteiger partial charge in [0.25, 0.3) is 0 Å². The molecule has 0 atom stereocenters. The molecule has 29 heavy (non-hydrogen) atoms. The molecule has 0 radical (unpaired) electrons. The van der Waals surface area contributed by atoms with Crippen LogP contribution in [0.15, 0.2) is 42.5 Å². The van der Waals surface area contributed by atoms with Crippen LogP contribution in [-0.2, 0) is 9.59 Å². The molecule has 0 saturated heterocycles. The summed E-state index contributed by atoms with van der Waals surface area (Å²) in [4.78, 5) is 36.1. The number of hydrogen-bond donors (Lipinski definition) is 2. The molecule has 2 rings (SSSR count). The summed E-state index contributed by atoms with van der Waals surface area (Å²) in [5.74, 6) is -1.20. The molecule has 0 aliphatic carbocycles. The van der Waals surface area contributed by atoms with E-state index < -0.39 is 11.9 Å². The molecule has 0 spiro atoms. The van der Waals surface area contributed by atoms with Crippen LogP contribution in [0.5, 0.6) is 11.5 Å². The molecule has 1 amide bonds. The second-order valence-electron chi connectivity index (χ2n) is 6.23. The second kappa shape index (κ2) is 10.3. The molecule has 0 aromatic heterocycles. The molecule has 7 nitrogen and oxygen atoms in total. The van der Waals surface area contributed by atoms with Gasteiger partial charge in [-0.2, -0.15) is 0 Å². The lowest BCUT2D eigenvalue weighted by atomic mass is 10.1. The average Bonchev–Trinajstić information content (AvgIpc) is 2.66. The lowest BCUT2D eigenvalue weighted by Crippen LogP contribution is -2.15. The maximum atomic E-state index is 12.6. The number of rotatable bonds is 8. The van der Waals surface area contributed by atoms with E-state index in [2.05, 4.69) is 5.32 Å². The number of nitrogens with two attached hydrogens (primary N) is 1. The Balaban J connectivity index is 2.20. The predicted octanol–water partition coefficient (Wildman–Crippen LogP) is 3.59. The van der Waals surface area contributed by atoms with Crippen molar-refractivity contribution < 1.29 is 23.9 Å². The van der Waals surface area contributed by atoms with Crippen LogP contribution in [0.3, 0.4) is 0 Å². The summed E-state index contributed by atoms with van der Waals surface area (Å²) in [5.41, 5.74) is 6.65. The lowest BCUT2D eigenvalue weighted by Gasteiger charge is -2.12. The highest BCUT2D eigenvalue weighted by Gasteiger charge is 2.18. The van der Waals surface area contributed by atoms with Crippen LogP contribution in [-0.4, -0.2) is 22.8 Å². The van der Waals surface area contributed by atoms with Gasteiger partial charge in [-0.05, 0) is 42.8 Å². The van der Waals surface area contributed by atoms with Gasteiger partial charge in [0.15, 0.2) is 0 Å². The van der Waals surface area contributed by atoms with Gasteiger partial charge in [0.1, 0.15) is 22.1 Å². The maximum absolute atomic E-state index is 12.6. The average molecular weight is 414 g/mol. The maximum Gasteiger partial charge on any atom is 0.347 e. The Kier molecular flexibility index (Phi) is 7.85. The van der Waals surface area contributed by atoms with Crippen molar-refractivity contribution in [1.82, 2.24) is 0 Å². The van der Waals surface area contributed by atoms with Gasteiger partial charge in [-0.15, -0.1) is 0 Å². The normalized spacial score (nSPS) is 10.1. The van der Waals surface area contributed by atoms with Crippen LogP contribution in [0.2, 0.25) is 0 Å². The fourth-order valence-corrected chi connectivity index (χ4v) is 2.55. The fourth-order valence-electron chi connectivity index (χ4n) is 2.42. The molecule has 0 aliphatic heterocycles. The molecule has 2 aromatic carbocycles. The van der Waals surface area contributed by atoms with Crippen LogP contribution in [0.1, 0.15) is 49.0 Å². The highest BCUT2D eigenvalue weighted by atomic mass is 32.1. The van der Waals surface area contributed by atoms with Crippen molar-refractivity contribution >= 4 is 40.7 Å². The predicted molar refractivity (Wildman–Crippen MR) is 113 cm³/mol. The zero-order valence-corrected chi connectivity index (χ0v) is 17.0. The van der Waals surface area contributed by atoms with E-state index in [0.717, 1.165) is 12.8 Å². The zero-order chi connectivity index (χ0) is 21.4. The summed E-state index contributed by atoms with van der Waals surface area (Å²) < 4.78 is 10.5. The molecule has 3 N–H and O–H groups in total. The van der Waals surface area contributed by atoms with Crippen molar-refractivity contribution in [2.75, 3.05) is 5.32 Å². The van der Waals surface area contributed by atoms with Gasteiger partial charge in [0.05, 0.1) is 0 Å². The van der Waals surface area contributed by atoms with E-state index in [9.17, 15) is 14.4 Å². The summed E-state index contributed by atoms with van der Waals surface area (Å²) in [6.45, 7) is 3.21. The quantitative estimate of drug-likeness (QED) is 0.386. The molecule has 0 unspecified atom stereocenters. The molecule has 8 heteroatoms. The Morgan fingerprint density at radius 1 is 1.07 bits per heavy atom. The number of carbonyl (C=O) groups is 3. The Morgan fingerprint density at radius 3 is 2.34 bits per heavy atom. The van der Waals surface area contributed by atoms with Gasteiger partial charge < -0.3 is 20.5 Å². The first-order valence-electron chi connectivity index (χ1n) is 9.04. The van der Waals surface area contributed by atoms with Crippen LogP contribution >= 0.6 is 12.2 Å². The first-order chi connectivity index (χ1) is 13.8. The Labute approximate surface area is 174 Å². The molecule has 0 fully saturated rings. The van der Waals surface area contributed by atoms with E-state index in [0.29, 0.717) is 17.7 Å². The van der Waals surface area contributed by atoms with Gasteiger partial charge in [0.2, 0.25) is 5.91 Å². The Hall–Kier alpha value is -3.26. The third kappa shape index (κ3) is 6.69. The summed E-state index contributed by atoms with van der Waals surface area (Å²) in [6.07, 6.45) is 2.04. The molecular formula is C21H22N2O5S. The number of thiocarbonyl (C=S) groups is 1. The van der Waals surface area contributed by atoms with Crippen LogP contribution in [0.4, 0.5) is 5.69 Å². The van der Waals surface area contributed by atoms with Crippen molar-refractivity contribution in [3.05, 3.63) is 53.6 Å². The summed E-state index contributed by atoms with van der Waals surface area (Å²) >= 11 is 4.88. The summed E-state index contributed by atoms with van der Waals surface area (Å²) in [5, 5.41) is 2.72. The largest absolute Gasteiger partial charge is 0.426 e. The number of esters is 2. The van der Waals surface area contributed by atoms with E-state index in [1.54, 1.807) is 30.3 Å². The van der Waals surface area contributed by atoms with Crippen molar-refractivity contribution in [1.29, 1.82) is 0 Å². The van der Waals surface area contributed by atoms with Gasteiger partial charge in [-0.3, -0.25) is 9.59 Å². The van der Waals surface area contributed by atoms with E-state index in [1.165, 1.54) is 19.1 Å². The van der Waals surface area contributed by atoms with Gasteiger partial charge >= 0.3 is 11.9 Å². The van der Waals surface area contributed by atoms with Crippen LogP contribution in [0, 0.1) is 0 Å². The first-order valence-corrected chi connectivity index (χ1v) is 9.45. The highest BCUT2D eigenvalue weighted by molar-refractivity contribution is 7.80. The van der Waals surface area contributed by atoms with Crippen LogP contribution in [0.25, 0.3) is 0 Å². The molecule has 0 bridgehead atoms. The first kappa shape index (κ1) is 22.0. The number of unbranched alkanes of at least 4 members (excludes halogenated alkanes) is 1. The number of amides is 1. The Bertz CT molecular complexity index is 925. The number of hydrogen-bond acceptors (Lipinski definition) is 6. The van der Waals surface area contributed by atoms with Crippen molar-refractivity contribution in [3.8, 4) is 11.5 Å². The number of nitrogens with one attached hydrogen (secondary N) is 1. The third-order valence-electron chi connectivity index (χ3n) is 3.85. The van der Waals surface area contributed by atoms with Gasteiger partial charge in [-0.25, -0.2) is 4.79 Å². The molecular weight excluding hydrogens is 392 g/mol. The summed E-state index contributed by atoms with van der Waals surface area (Å²) in [6, 6.07) is 10.8. The second-order valence-corrected chi connectivity index (χ2v) is 6.67. The molecule has 0 aliphatic rings. The van der Waals surface area contributed by atoms with Gasteiger partial charge in [0, 0.05) is 30.7 Å². The zero-order valence-electron chi connectivity index (χ0n) is 16.2. The third-order valence-corrected chi connectivity index (χ3v) is 4.08. The number of carbonyl (C=O) groups excluding carboxylic acids is 3. The van der Waals surface area contributed by atoms with Crippen LogP contribution < -0.4 is 20.5 Å². The minimum atomic E-state index is -0.715.